The van der Waals surface area contributed by atoms with E-state index in [0.717, 1.165) is 11.9 Å². The Kier molecular flexibility index (Phi) is 3.10. The van der Waals surface area contributed by atoms with Crippen molar-refractivity contribution in [2.24, 2.45) is 0 Å². The molecule has 0 bridgehead atoms. The van der Waals surface area contributed by atoms with Gasteiger partial charge in [0, 0.05) is 25.0 Å². The lowest BCUT2D eigenvalue weighted by molar-refractivity contribution is 0.0572. The van der Waals surface area contributed by atoms with Gasteiger partial charge in [-0.05, 0) is 0 Å². The molecule has 0 aromatic rings. The lowest BCUT2D eigenvalue weighted by Gasteiger charge is -2.11. The van der Waals surface area contributed by atoms with Crippen molar-refractivity contribution >= 4 is 15.9 Å². The van der Waals surface area contributed by atoms with E-state index in [-0.39, 0.29) is 0 Å². The number of β-amino-alcohol motifs (C(OH)–C–C–N with tert-alkyl or cyclic N) is 2. The topological polar surface area (TPSA) is 43.7 Å². The first-order valence-electron chi connectivity index (χ1n) is 3.38. The van der Waals surface area contributed by atoms with E-state index in [1.807, 2.05) is 4.90 Å². The van der Waals surface area contributed by atoms with E-state index in [1.165, 1.54) is 0 Å². The number of alkyl halides is 1. The second-order valence-electron chi connectivity index (χ2n) is 2.58. The van der Waals surface area contributed by atoms with Crippen LogP contribution >= 0.6 is 15.9 Å². The molecule has 0 amide bonds. The lowest BCUT2D eigenvalue weighted by Crippen LogP contribution is -2.23. The van der Waals surface area contributed by atoms with Crippen LogP contribution in [0.5, 0.6) is 0 Å². The molecule has 3 nitrogen and oxygen atoms in total. The maximum Gasteiger partial charge on any atom is 0.0938 e. The van der Waals surface area contributed by atoms with Crippen molar-refractivity contribution in [3.63, 3.8) is 0 Å². The number of halogens is 1. The standard InChI is InChI=1S/C6H12BrNO2/c7-1-2-8-3-5(9)6(10)4-8/h5-6,9-10H,1-4H2. The van der Waals surface area contributed by atoms with E-state index in [2.05, 4.69) is 15.9 Å². The van der Waals surface area contributed by atoms with Crippen LogP contribution in [0.2, 0.25) is 0 Å². The van der Waals surface area contributed by atoms with Gasteiger partial charge >= 0.3 is 0 Å². The molecule has 0 saturated carbocycles. The molecule has 2 N–H and O–H groups in total. The molecule has 0 spiro atoms. The van der Waals surface area contributed by atoms with Crippen LogP contribution < -0.4 is 0 Å². The molecular formula is C6H12BrNO2. The van der Waals surface area contributed by atoms with Crippen LogP contribution in [0.1, 0.15) is 0 Å². The summed E-state index contributed by atoms with van der Waals surface area (Å²) in [6.07, 6.45) is -1.09. The van der Waals surface area contributed by atoms with Crippen LogP contribution in [0.3, 0.4) is 0 Å². The Hall–Kier alpha value is 0.360. The predicted octanol–water partition coefficient (Wildman–Crippen LogP) is -0.581. The van der Waals surface area contributed by atoms with E-state index in [9.17, 15) is 0 Å². The third-order valence-electron chi connectivity index (χ3n) is 1.74. The van der Waals surface area contributed by atoms with Gasteiger partial charge in [-0.15, -0.1) is 0 Å². The zero-order valence-electron chi connectivity index (χ0n) is 5.70. The number of aliphatic hydroxyl groups excluding tert-OH is 2. The number of hydrogen-bond donors (Lipinski definition) is 2. The van der Waals surface area contributed by atoms with Crippen LogP contribution in [0.15, 0.2) is 0 Å². The number of rotatable bonds is 2. The minimum Gasteiger partial charge on any atom is -0.389 e. The fraction of sp³-hybridized carbons (Fsp3) is 1.00. The lowest BCUT2D eigenvalue weighted by atomic mass is 10.3. The van der Waals surface area contributed by atoms with E-state index >= 15 is 0 Å². The monoisotopic (exact) mass is 209 g/mol. The molecule has 0 radical (unpaired) electrons. The largest absolute Gasteiger partial charge is 0.389 e. The maximum atomic E-state index is 9.09. The Morgan fingerprint density at radius 2 is 1.80 bits per heavy atom. The van der Waals surface area contributed by atoms with Crippen molar-refractivity contribution in [2.45, 2.75) is 12.2 Å². The highest BCUT2D eigenvalue weighted by Gasteiger charge is 2.28. The molecule has 2 unspecified atom stereocenters. The first-order valence-corrected chi connectivity index (χ1v) is 4.50. The summed E-state index contributed by atoms with van der Waals surface area (Å²) in [5.41, 5.74) is 0. The van der Waals surface area contributed by atoms with Crippen molar-refractivity contribution in [2.75, 3.05) is 25.0 Å². The molecule has 10 heavy (non-hydrogen) atoms. The Balaban J connectivity index is 2.27. The first kappa shape index (κ1) is 8.46. The quantitative estimate of drug-likeness (QED) is 0.599. The van der Waals surface area contributed by atoms with Gasteiger partial charge in [0.15, 0.2) is 0 Å². The summed E-state index contributed by atoms with van der Waals surface area (Å²) >= 11 is 3.29. The van der Waals surface area contributed by atoms with Gasteiger partial charge in [-0.25, -0.2) is 0 Å². The van der Waals surface area contributed by atoms with Crippen LogP contribution in [0.25, 0.3) is 0 Å². The van der Waals surface area contributed by atoms with Gasteiger partial charge in [-0.2, -0.15) is 0 Å². The third-order valence-corrected chi connectivity index (χ3v) is 2.09. The van der Waals surface area contributed by atoms with Gasteiger partial charge in [-0.1, -0.05) is 15.9 Å². The van der Waals surface area contributed by atoms with E-state index in [0.29, 0.717) is 13.1 Å². The van der Waals surface area contributed by atoms with E-state index in [1.54, 1.807) is 0 Å². The molecule has 2 atom stereocenters. The molecule has 1 aliphatic rings. The zero-order chi connectivity index (χ0) is 7.56. The molecule has 1 rings (SSSR count). The van der Waals surface area contributed by atoms with Crippen molar-refractivity contribution in [3.8, 4) is 0 Å². The van der Waals surface area contributed by atoms with E-state index in [4.69, 9.17) is 10.2 Å². The fourth-order valence-electron chi connectivity index (χ4n) is 1.15. The normalized spacial score (nSPS) is 35.1. The highest BCUT2D eigenvalue weighted by atomic mass is 79.9. The molecule has 0 aliphatic carbocycles. The number of hydrogen-bond acceptors (Lipinski definition) is 3. The smallest absolute Gasteiger partial charge is 0.0938 e. The average Bonchev–Trinajstić information content (AvgIpc) is 2.14. The van der Waals surface area contributed by atoms with Crippen molar-refractivity contribution in [3.05, 3.63) is 0 Å². The Morgan fingerprint density at radius 3 is 2.20 bits per heavy atom. The van der Waals surface area contributed by atoms with Crippen LogP contribution in [-0.4, -0.2) is 52.3 Å². The first-order chi connectivity index (χ1) is 4.74. The van der Waals surface area contributed by atoms with E-state index < -0.39 is 12.2 Å². The van der Waals surface area contributed by atoms with Crippen LogP contribution in [-0.2, 0) is 0 Å². The molecular weight excluding hydrogens is 198 g/mol. The Morgan fingerprint density at radius 1 is 1.30 bits per heavy atom. The fourth-order valence-corrected chi connectivity index (χ4v) is 1.65. The molecule has 1 fully saturated rings. The Bertz CT molecular complexity index is 102. The average molecular weight is 210 g/mol. The number of aliphatic hydroxyl groups is 2. The molecule has 0 aromatic heterocycles. The molecule has 4 heteroatoms. The summed E-state index contributed by atoms with van der Waals surface area (Å²) in [6.45, 7) is 2.10. The van der Waals surface area contributed by atoms with Crippen molar-refractivity contribution < 1.29 is 10.2 Å². The van der Waals surface area contributed by atoms with Crippen molar-refractivity contribution in [1.29, 1.82) is 0 Å². The van der Waals surface area contributed by atoms with Crippen LogP contribution in [0.4, 0.5) is 0 Å². The number of nitrogens with zero attached hydrogens (tertiary/aromatic N) is 1. The van der Waals surface area contributed by atoms with Gasteiger partial charge < -0.3 is 10.2 Å². The van der Waals surface area contributed by atoms with Gasteiger partial charge in [-0.3, -0.25) is 4.90 Å². The SMILES string of the molecule is OC1CN(CCBr)CC1O. The van der Waals surface area contributed by atoms with Gasteiger partial charge in [0.05, 0.1) is 12.2 Å². The van der Waals surface area contributed by atoms with Gasteiger partial charge in [0.2, 0.25) is 0 Å². The third kappa shape index (κ3) is 1.92. The summed E-state index contributed by atoms with van der Waals surface area (Å²) < 4.78 is 0. The summed E-state index contributed by atoms with van der Waals surface area (Å²) in [7, 11) is 0. The Labute approximate surface area is 68.8 Å². The van der Waals surface area contributed by atoms with Gasteiger partial charge in [0.1, 0.15) is 0 Å². The predicted molar refractivity (Wildman–Crippen MR) is 42.2 cm³/mol. The molecule has 0 aromatic carbocycles. The summed E-state index contributed by atoms with van der Waals surface area (Å²) in [5.74, 6) is 0. The molecule has 60 valence electrons. The van der Waals surface area contributed by atoms with Crippen LogP contribution in [0, 0.1) is 0 Å². The summed E-state index contributed by atoms with van der Waals surface area (Å²) in [5, 5.41) is 19.1. The second kappa shape index (κ2) is 3.67. The highest BCUT2D eigenvalue weighted by Crippen LogP contribution is 2.09. The summed E-state index contributed by atoms with van der Waals surface area (Å²) in [4.78, 5) is 2.03. The summed E-state index contributed by atoms with van der Waals surface area (Å²) in [6, 6.07) is 0. The molecule has 1 saturated heterocycles. The minimum absolute atomic E-state index is 0.543. The molecule has 1 heterocycles. The minimum atomic E-state index is -0.543. The molecule has 1 aliphatic heterocycles. The second-order valence-corrected chi connectivity index (χ2v) is 3.38. The van der Waals surface area contributed by atoms with Gasteiger partial charge in [0.25, 0.3) is 0 Å². The van der Waals surface area contributed by atoms with Crippen molar-refractivity contribution in [1.82, 2.24) is 4.90 Å². The number of likely N-dealkylation sites (tertiary alicyclic amines) is 1. The zero-order valence-corrected chi connectivity index (χ0v) is 7.29. The maximum absolute atomic E-state index is 9.09. The highest BCUT2D eigenvalue weighted by molar-refractivity contribution is 9.09.